The van der Waals surface area contributed by atoms with E-state index in [-0.39, 0.29) is 6.10 Å². The van der Waals surface area contributed by atoms with Crippen LogP contribution in [0.4, 0.5) is 0 Å². The lowest BCUT2D eigenvalue weighted by Crippen LogP contribution is -2.38. The number of aryl methyl sites for hydroxylation is 1. The van der Waals surface area contributed by atoms with E-state index in [4.69, 9.17) is 0 Å². The molecule has 0 amide bonds. The van der Waals surface area contributed by atoms with Gasteiger partial charge in [-0.15, -0.1) is 0 Å². The van der Waals surface area contributed by atoms with Gasteiger partial charge in [-0.3, -0.25) is 0 Å². The molecule has 3 atom stereocenters. The molecule has 1 heterocycles. The largest absolute Gasteiger partial charge is 0.388 e. The van der Waals surface area contributed by atoms with Crippen molar-refractivity contribution < 1.29 is 5.11 Å². The van der Waals surface area contributed by atoms with Crippen molar-refractivity contribution in [1.82, 2.24) is 5.32 Å². The zero-order chi connectivity index (χ0) is 12.3. The van der Waals surface area contributed by atoms with E-state index in [0.717, 1.165) is 24.4 Å². The van der Waals surface area contributed by atoms with Crippen LogP contribution < -0.4 is 5.32 Å². The third-order valence-electron chi connectivity index (χ3n) is 3.73. The molecule has 1 aliphatic heterocycles. The van der Waals surface area contributed by atoms with Crippen LogP contribution in [-0.2, 0) is 0 Å². The second kappa shape index (κ2) is 5.65. The van der Waals surface area contributed by atoms with Crippen LogP contribution in [0.3, 0.4) is 0 Å². The minimum absolute atomic E-state index is 0.335. The van der Waals surface area contributed by atoms with Gasteiger partial charge in [0.05, 0.1) is 6.10 Å². The first-order valence-electron chi connectivity index (χ1n) is 6.63. The molecule has 3 unspecified atom stereocenters. The zero-order valence-electron chi connectivity index (χ0n) is 10.8. The predicted octanol–water partition coefficient (Wildman–Crippen LogP) is 2.81. The molecule has 2 rings (SSSR count). The van der Waals surface area contributed by atoms with Gasteiger partial charge in [0.15, 0.2) is 0 Å². The first kappa shape index (κ1) is 12.6. The lowest BCUT2D eigenvalue weighted by molar-refractivity contribution is 0.138. The highest BCUT2D eigenvalue weighted by atomic mass is 16.3. The Hall–Kier alpha value is -0.860. The summed E-state index contributed by atoms with van der Waals surface area (Å²) in [5, 5.41) is 13.7. The van der Waals surface area contributed by atoms with Crippen molar-refractivity contribution in [3.05, 3.63) is 35.4 Å². The fraction of sp³-hybridized carbons (Fsp3) is 0.600. The summed E-state index contributed by atoms with van der Waals surface area (Å²) < 4.78 is 0. The number of benzene rings is 1. The van der Waals surface area contributed by atoms with Crippen molar-refractivity contribution in [2.75, 3.05) is 6.54 Å². The van der Waals surface area contributed by atoms with Crippen molar-refractivity contribution in [1.29, 1.82) is 0 Å². The SMILES string of the molecule is Cc1ccc(C(O)CC2CC(C)CCN2)cc1. The third kappa shape index (κ3) is 3.55. The summed E-state index contributed by atoms with van der Waals surface area (Å²) in [7, 11) is 0. The molecule has 1 aromatic carbocycles. The quantitative estimate of drug-likeness (QED) is 0.841. The van der Waals surface area contributed by atoms with E-state index < -0.39 is 0 Å². The Bertz CT molecular complexity index is 346. The number of piperidine rings is 1. The number of nitrogens with one attached hydrogen (secondary N) is 1. The molecule has 1 fully saturated rings. The maximum absolute atomic E-state index is 10.2. The fourth-order valence-electron chi connectivity index (χ4n) is 2.59. The predicted molar refractivity (Wildman–Crippen MR) is 70.9 cm³/mol. The highest BCUT2D eigenvalue weighted by Gasteiger charge is 2.21. The van der Waals surface area contributed by atoms with E-state index in [1.165, 1.54) is 18.4 Å². The molecule has 0 aromatic heterocycles. The van der Waals surface area contributed by atoms with Gasteiger partial charge in [0.1, 0.15) is 0 Å². The number of hydrogen-bond donors (Lipinski definition) is 2. The van der Waals surface area contributed by atoms with Crippen molar-refractivity contribution in [2.24, 2.45) is 5.92 Å². The van der Waals surface area contributed by atoms with Gasteiger partial charge in [0.25, 0.3) is 0 Å². The van der Waals surface area contributed by atoms with Gasteiger partial charge >= 0.3 is 0 Å². The second-order valence-electron chi connectivity index (χ2n) is 5.44. The topological polar surface area (TPSA) is 32.3 Å². The van der Waals surface area contributed by atoms with Gasteiger partial charge in [-0.25, -0.2) is 0 Å². The maximum Gasteiger partial charge on any atom is 0.0804 e. The molecule has 0 radical (unpaired) electrons. The normalized spacial score (nSPS) is 26.8. The summed E-state index contributed by atoms with van der Waals surface area (Å²) in [5.41, 5.74) is 2.28. The average Bonchev–Trinajstić information content (AvgIpc) is 2.29. The van der Waals surface area contributed by atoms with Gasteiger partial charge in [-0.05, 0) is 44.2 Å². The van der Waals surface area contributed by atoms with Gasteiger partial charge in [0, 0.05) is 6.04 Å². The van der Waals surface area contributed by atoms with E-state index in [1.54, 1.807) is 0 Å². The Morgan fingerprint density at radius 1 is 1.35 bits per heavy atom. The summed E-state index contributed by atoms with van der Waals surface area (Å²) in [5.74, 6) is 0.784. The molecule has 0 bridgehead atoms. The highest BCUT2D eigenvalue weighted by Crippen LogP contribution is 2.24. The van der Waals surface area contributed by atoms with Crippen LogP contribution in [0.15, 0.2) is 24.3 Å². The first-order chi connectivity index (χ1) is 8.15. The standard InChI is InChI=1S/C15H23NO/c1-11-3-5-13(6-4-11)15(17)10-14-9-12(2)7-8-16-14/h3-6,12,14-17H,7-10H2,1-2H3. The van der Waals surface area contributed by atoms with Crippen molar-refractivity contribution >= 4 is 0 Å². The molecule has 17 heavy (non-hydrogen) atoms. The van der Waals surface area contributed by atoms with Crippen LogP contribution in [0.25, 0.3) is 0 Å². The average molecular weight is 233 g/mol. The second-order valence-corrected chi connectivity index (χ2v) is 5.44. The monoisotopic (exact) mass is 233 g/mol. The molecular formula is C15H23NO. The smallest absolute Gasteiger partial charge is 0.0804 e. The molecule has 0 saturated carbocycles. The van der Waals surface area contributed by atoms with Gasteiger partial charge in [0.2, 0.25) is 0 Å². The Labute approximate surface area is 104 Å². The van der Waals surface area contributed by atoms with Crippen LogP contribution in [0.1, 0.15) is 43.4 Å². The van der Waals surface area contributed by atoms with E-state index in [2.05, 4.69) is 31.3 Å². The molecule has 1 aromatic rings. The summed E-state index contributed by atoms with van der Waals surface area (Å²) in [6.45, 7) is 5.46. The number of rotatable bonds is 3. The number of aliphatic hydroxyl groups is 1. The van der Waals surface area contributed by atoms with Crippen molar-refractivity contribution in [2.45, 2.75) is 45.3 Å². The lowest BCUT2D eigenvalue weighted by atomic mass is 9.90. The van der Waals surface area contributed by atoms with Gasteiger partial charge in [-0.1, -0.05) is 36.8 Å². The van der Waals surface area contributed by atoms with Crippen LogP contribution in [0.5, 0.6) is 0 Å². The van der Waals surface area contributed by atoms with Crippen LogP contribution in [-0.4, -0.2) is 17.7 Å². The zero-order valence-corrected chi connectivity index (χ0v) is 10.8. The molecule has 0 aliphatic carbocycles. The summed E-state index contributed by atoms with van der Waals surface area (Å²) >= 11 is 0. The Kier molecular flexibility index (Phi) is 4.19. The Morgan fingerprint density at radius 2 is 2.06 bits per heavy atom. The van der Waals surface area contributed by atoms with Gasteiger partial charge in [-0.2, -0.15) is 0 Å². The highest BCUT2D eigenvalue weighted by molar-refractivity contribution is 5.23. The molecule has 1 saturated heterocycles. The lowest BCUT2D eigenvalue weighted by Gasteiger charge is -2.29. The first-order valence-corrected chi connectivity index (χ1v) is 6.63. The molecule has 2 heteroatoms. The van der Waals surface area contributed by atoms with E-state index >= 15 is 0 Å². The number of hydrogen-bond acceptors (Lipinski definition) is 2. The Morgan fingerprint density at radius 3 is 2.71 bits per heavy atom. The van der Waals surface area contributed by atoms with Crippen LogP contribution in [0, 0.1) is 12.8 Å². The Balaban J connectivity index is 1.91. The summed E-state index contributed by atoms with van der Waals surface area (Å²) in [6, 6.07) is 8.67. The third-order valence-corrected chi connectivity index (χ3v) is 3.73. The van der Waals surface area contributed by atoms with E-state index in [0.29, 0.717) is 6.04 Å². The molecule has 2 nitrogen and oxygen atoms in total. The summed E-state index contributed by atoms with van der Waals surface area (Å²) in [6.07, 6.45) is 2.94. The van der Waals surface area contributed by atoms with E-state index in [1.807, 2.05) is 12.1 Å². The van der Waals surface area contributed by atoms with Crippen molar-refractivity contribution in [3.8, 4) is 0 Å². The van der Waals surface area contributed by atoms with Gasteiger partial charge < -0.3 is 10.4 Å². The fourth-order valence-corrected chi connectivity index (χ4v) is 2.59. The molecular weight excluding hydrogens is 210 g/mol. The van der Waals surface area contributed by atoms with Crippen molar-refractivity contribution in [3.63, 3.8) is 0 Å². The molecule has 2 N–H and O–H groups in total. The molecule has 94 valence electrons. The molecule has 1 aliphatic rings. The van der Waals surface area contributed by atoms with E-state index in [9.17, 15) is 5.11 Å². The van der Waals surface area contributed by atoms with Crippen LogP contribution >= 0.6 is 0 Å². The number of aliphatic hydroxyl groups excluding tert-OH is 1. The van der Waals surface area contributed by atoms with Crippen LogP contribution in [0.2, 0.25) is 0 Å². The minimum Gasteiger partial charge on any atom is -0.388 e. The summed E-state index contributed by atoms with van der Waals surface area (Å²) in [4.78, 5) is 0. The minimum atomic E-state index is -0.335. The molecule has 0 spiro atoms. The maximum atomic E-state index is 10.2.